The number of nitrogens with zero attached hydrogens (tertiary/aromatic N) is 2. The zero-order valence-corrected chi connectivity index (χ0v) is 13.2. The lowest BCUT2D eigenvalue weighted by molar-refractivity contribution is 0.297. The van der Waals surface area contributed by atoms with Crippen LogP contribution in [0, 0.1) is 0 Å². The summed E-state index contributed by atoms with van der Waals surface area (Å²) in [6.07, 6.45) is 0. The molecule has 1 aromatic carbocycles. The molecule has 0 saturated heterocycles. The van der Waals surface area contributed by atoms with Crippen molar-refractivity contribution in [3.05, 3.63) is 45.7 Å². The number of hydrogen-bond donors (Lipinski definition) is 1. The van der Waals surface area contributed by atoms with E-state index in [1.165, 1.54) is 0 Å². The minimum absolute atomic E-state index is 0.465. The second kappa shape index (κ2) is 5.76. The van der Waals surface area contributed by atoms with Gasteiger partial charge in [-0.3, -0.25) is 0 Å². The number of thiophene rings is 1. The number of nitrogens with one attached hydrogen (secondary N) is 1. The van der Waals surface area contributed by atoms with Crippen molar-refractivity contribution >= 4 is 43.4 Å². The van der Waals surface area contributed by atoms with Gasteiger partial charge in [-0.15, -0.1) is 11.3 Å². The van der Waals surface area contributed by atoms with Gasteiger partial charge >= 0.3 is 0 Å². The predicted molar refractivity (Wildman–Crippen MR) is 85.4 cm³/mol. The van der Waals surface area contributed by atoms with Crippen LogP contribution in [0.25, 0.3) is 10.2 Å². The van der Waals surface area contributed by atoms with Gasteiger partial charge in [0.1, 0.15) is 11.4 Å². The summed E-state index contributed by atoms with van der Waals surface area (Å²) in [4.78, 5) is 9.70. The number of halogens is 1. The van der Waals surface area contributed by atoms with E-state index in [1.807, 2.05) is 35.7 Å². The normalized spacial score (nSPS) is 10.7. The third kappa shape index (κ3) is 2.62. The highest BCUT2D eigenvalue weighted by Gasteiger charge is 2.10. The highest BCUT2D eigenvalue weighted by molar-refractivity contribution is 9.10. The molecule has 0 unspecified atom stereocenters. The molecule has 20 heavy (non-hydrogen) atoms. The van der Waals surface area contributed by atoms with Crippen molar-refractivity contribution in [2.24, 2.45) is 0 Å². The molecule has 2 aromatic heterocycles. The summed E-state index contributed by atoms with van der Waals surface area (Å²) in [6, 6.07) is 9.97. The molecule has 3 aromatic rings. The van der Waals surface area contributed by atoms with Gasteiger partial charge in [-0.25, -0.2) is 4.98 Å². The first kappa shape index (κ1) is 13.3. The van der Waals surface area contributed by atoms with E-state index in [9.17, 15) is 0 Å². The van der Waals surface area contributed by atoms with Crippen molar-refractivity contribution in [2.45, 2.75) is 6.61 Å². The lowest BCUT2D eigenvalue weighted by atomic mass is 10.2. The van der Waals surface area contributed by atoms with Crippen molar-refractivity contribution in [3.63, 3.8) is 0 Å². The maximum Gasteiger partial charge on any atom is 0.227 e. The SMILES string of the molecule is CNc1nc(OCc2ccccc2Br)c2ccsc2n1. The quantitative estimate of drug-likeness (QED) is 0.770. The summed E-state index contributed by atoms with van der Waals surface area (Å²) in [5.74, 6) is 1.18. The minimum atomic E-state index is 0.465. The minimum Gasteiger partial charge on any atom is -0.472 e. The molecular formula is C14H12BrN3OS. The first-order valence-corrected chi connectivity index (χ1v) is 7.74. The van der Waals surface area contributed by atoms with Gasteiger partial charge in [-0.05, 0) is 17.5 Å². The molecule has 4 nitrogen and oxygen atoms in total. The Kier molecular flexibility index (Phi) is 3.84. The second-order valence-corrected chi connectivity index (χ2v) is 5.87. The fraction of sp³-hybridized carbons (Fsp3) is 0.143. The molecule has 0 aliphatic rings. The monoisotopic (exact) mass is 349 g/mol. The van der Waals surface area contributed by atoms with E-state index < -0.39 is 0 Å². The first-order chi connectivity index (χ1) is 9.78. The molecule has 6 heteroatoms. The van der Waals surface area contributed by atoms with Crippen molar-refractivity contribution in [2.75, 3.05) is 12.4 Å². The van der Waals surface area contributed by atoms with Crippen molar-refractivity contribution in [1.29, 1.82) is 0 Å². The van der Waals surface area contributed by atoms with Crippen LogP contribution in [0.5, 0.6) is 5.88 Å². The fourth-order valence-electron chi connectivity index (χ4n) is 1.81. The fourth-order valence-corrected chi connectivity index (χ4v) is 2.97. The maximum absolute atomic E-state index is 5.87. The van der Waals surface area contributed by atoms with E-state index >= 15 is 0 Å². The Morgan fingerprint density at radius 2 is 2.10 bits per heavy atom. The molecule has 2 heterocycles. The maximum atomic E-state index is 5.87. The summed E-state index contributed by atoms with van der Waals surface area (Å²) < 4.78 is 6.90. The average Bonchev–Trinajstić information content (AvgIpc) is 2.94. The lowest BCUT2D eigenvalue weighted by Gasteiger charge is -2.09. The molecule has 0 spiro atoms. The lowest BCUT2D eigenvalue weighted by Crippen LogP contribution is -2.02. The van der Waals surface area contributed by atoms with Gasteiger partial charge in [0.2, 0.25) is 11.8 Å². The van der Waals surface area contributed by atoms with Crippen LogP contribution in [0.1, 0.15) is 5.56 Å². The van der Waals surface area contributed by atoms with E-state index in [4.69, 9.17) is 4.74 Å². The first-order valence-electron chi connectivity index (χ1n) is 6.07. The number of hydrogen-bond acceptors (Lipinski definition) is 5. The third-order valence-electron chi connectivity index (χ3n) is 2.84. The van der Waals surface area contributed by atoms with Crippen molar-refractivity contribution in [1.82, 2.24) is 9.97 Å². The summed E-state index contributed by atoms with van der Waals surface area (Å²) in [5, 5.41) is 5.89. The Bertz CT molecular complexity index is 744. The number of ether oxygens (including phenoxy) is 1. The summed E-state index contributed by atoms with van der Waals surface area (Å²) in [7, 11) is 1.80. The topological polar surface area (TPSA) is 47.0 Å². The van der Waals surface area contributed by atoms with Crippen LogP contribution >= 0.6 is 27.3 Å². The van der Waals surface area contributed by atoms with Crippen LogP contribution in [-0.4, -0.2) is 17.0 Å². The van der Waals surface area contributed by atoms with E-state index in [0.29, 0.717) is 18.4 Å². The Balaban J connectivity index is 1.90. The van der Waals surface area contributed by atoms with E-state index in [1.54, 1.807) is 18.4 Å². The Labute approximate surface area is 129 Å². The van der Waals surface area contributed by atoms with Crippen LogP contribution in [0.15, 0.2) is 40.2 Å². The molecule has 1 N–H and O–H groups in total. The van der Waals surface area contributed by atoms with Crippen molar-refractivity contribution in [3.8, 4) is 5.88 Å². The van der Waals surface area contributed by atoms with Gasteiger partial charge in [0.15, 0.2) is 0 Å². The van der Waals surface area contributed by atoms with Crippen LogP contribution in [0.4, 0.5) is 5.95 Å². The molecule has 0 saturated carbocycles. The zero-order chi connectivity index (χ0) is 13.9. The van der Waals surface area contributed by atoms with Gasteiger partial charge in [0.05, 0.1) is 5.39 Å². The number of aromatic nitrogens is 2. The molecule has 102 valence electrons. The third-order valence-corrected chi connectivity index (χ3v) is 4.42. The smallest absolute Gasteiger partial charge is 0.227 e. The highest BCUT2D eigenvalue weighted by Crippen LogP contribution is 2.29. The zero-order valence-electron chi connectivity index (χ0n) is 10.8. The van der Waals surface area contributed by atoms with Crippen LogP contribution < -0.4 is 10.1 Å². The number of fused-ring (bicyclic) bond motifs is 1. The summed E-state index contributed by atoms with van der Waals surface area (Å²) in [6.45, 7) is 0.465. The molecule has 0 bridgehead atoms. The van der Waals surface area contributed by atoms with Gasteiger partial charge in [0, 0.05) is 17.1 Å². The van der Waals surface area contributed by atoms with Gasteiger partial charge in [-0.1, -0.05) is 34.1 Å². The van der Waals surface area contributed by atoms with E-state index in [0.717, 1.165) is 20.3 Å². The predicted octanol–water partition coefficient (Wildman–Crippen LogP) is 4.07. The molecule has 0 amide bonds. The summed E-state index contributed by atoms with van der Waals surface area (Å²) in [5.41, 5.74) is 1.08. The van der Waals surface area contributed by atoms with E-state index in [-0.39, 0.29) is 0 Å². The molecule has 0 aliphatic heterocycles. The molecule has 0 aliphatic carbocycles. The number of benzene rings is 1. The Morgan fingerprint density at radius 1 is 1.25 bits per heavy atom. The van der Waals surface area contributed by atoms with Gasteiger partial charge in [-0.2, -0.15) is 4.98 Å². The number of rotatable bonds is 4. The molecule has 0 radical (unpaired) electrons. The summed E-state index contributed by atoms with van der Waals surface area (Å²) >= 11 is 5.09. The van der Waals surface area contributed by atoms with Crippen molar-refractivity contribution < 1.29 is 4.74 Å². The van der Waals surface area contributed by atoms with Crippen LogP contribution in [0.3, 0.4) is 0 Å². The van der Waals surface area contributed by atoms with Crippen LogP contribution in [0.2, 0.25) is 0 Å². The average molecular weight is 350 g/mol. The van der Waals surface area contributed by atoms with E-state index in [2.05, 4.69) is 31.2 Å². The molecular weight excluding hydrogens is 338 g/mol. The van der Waals surface area contributed by atoms with Gasteiger partial charge < -0.3 is 10.1 Å². The second-order valence-electron chi connectivity index (χ2n) is 4.12. The largest absolute Gasteiger partial charge is 0.472 e. The molecule has 0 fully saturated rings. The Hall–Kier alpha value is -1.66. The standard InChI is InChI=1S/C14H12BrN3OS/c1-16-14-17-12(10-6-7-20-13(10)18-14)19-8-9-4-2-3-5-11(9)15/h2-7H,8H2,1H3,(H,16,17,18). The Morgan fingerprint density at radius 3 is 2.90 bits per heavy atom. The number of anilines is 1. The molecule has 0 atom stereocenters. The van der Waals surface area contributed by atoms with Crippen LogP contribution in [-0.2, 0) is 6.61 Å². The highest BCUT2D eigenvalue weighted by atomic mass is 79.9. The van der Waals surface area contributed by atoms with Gasteiger partial charge in [0.25, 0.3) is 0 Å². The molecule has 3 rings (SSSR count).